The molecular weight excluding hydrogens is 328 g/mol. The summed E-state index contributed by atoms with van der Waals surface area (Å²) in [4.78, 5) is 39.4. The van der Waals surface area contributed by atoms with Crippen LogP contribution >= 0.6 is 0 Å². The van der Waals surface area contributed by atoms with Crippen molar-refractivity contribution in [3.05, 3.63) is 17.9 Å². The lowest BCUT2D eigenvalue weighted by molar-refractivity contribution is -0.145. The average molecular weight is 350 g/mol. The molecule has 1 atom stereocenters. The van der Waals surface area contributed by atoms with Crippen LogP contribution in [-0.2, 0) is 9.59 Å². The van der Waals surface area contributed by atoms with Crippen LogP contribution in [0.5, 0.6) is 5.95 Å². The molecule has 1 N–H and O–H groups in total. The van der Waals surface area contributed by atoms with E-state index in [0.717, 1.165) is 0 Å². The summed E-state index contributed by atoms with van der Waals surface area (Å²) in [6, 6.07) is 3.18. The van der Waals surface area contributed by atoms with Gasteiger partial charge < -0.3 is 24.1 Å². The van der Waals surface area contributed by atoms with Crippen molar-refractivity contribution in [3.8, 4) is 5.95 Å². The van der Waals surface area contributed by atoms with Crippen molar-refractivity contribution in [2.45, 2.75) is 31.7 Å². The first-order valence-electron chi connectivity index (χ1n) is 8.40. The molecule has 2 fully saturated rings. The zero-order valence-corrected chi connectivity index (χ0v) is 14.4. The second-order valence-corrected chi connectivity index (χ2v) is 6.50. The fourth-order valence-corrected chi connectivity index (χ4v) is 3.89. The minimum atomic E-state index is -0.954. The number of rotatable bonds is 4. The van der Waals surface area contributed by atoms with Gasteiger partial charge in [-0.3, -0.25) is 14.4 Å². The maximum atomic E-state index is 12.6. The van der Waals surface area contributed by atoms with Gasteiger partial charge in [-0.2, -0.15) is 0 Å². The molecule has 0 radical (unpaired) electrons. The van der Waals surface area contributed by atoms with Crippen molar-refractivity contribution >= 4 is 17.8 Å². The van der Waals surface area contributed by atoms with Crippen molar-refractivity contribution in [1.82, 2.24) is 9.80 Å². The molecule has 25 heavy (non-hydrogen) atoms. The molecule has 0 aliphatic carbocycles. The van der Waals surface area contributed by atoms with E-state index in [9.17, 15) is 19.5 Å². The zero-order valence-electron chi connectivity index (χ0n) is 14.4. The van der Waals surface area contributed by atoms with Crippen molar-refractivity contribution in [2.75, 3.05) is 26.7 Å². The number of carboxylic acids is 1. The molecule has 2 aliphatic rings. The first kappa shape index (κ1) is 17.3. The molecule has 1 unspecified atom stereocenters. The Hall–Kier alpha value is -2.51. The lowest BCUT2D eigenvalue weighted by atomic mass is 9.77. The third-order valence-corrected chi connectivity index (χ3v) is 5.36. The molecule has 0 bridgehead atoms. The maximum absolute atomic E-state index is 12.6. The van der Waals surface area contributed by atoms with Gasteiger partial charge in [-0.15, -0.1) is 0 Å². The van der Waals surface area contributed by atoms with Crippen LogP contribution in [-0.4, -0.2) is 65.0 Å². The Bertz CT molecular complexity index is 689. The largest absolute Gasteiger partial charge is 0.481 e. The Labute approximate surface area is 145 Å². The number of aliphatic carboxylic acids is 1. The van der Waals surface area contributed by atoms with Gasteiger partial charge in [0, 0.05) is 32.6 Å². The lowest BCUT2D eigenvalue weighted by Crippen LogP contribution is -2.56. The highest BCUT2D eigenvalue weighted by Crippen LogP contribution is 2.43. The van der Waals surface area contributed by atoms with Crippen molar-refractivity contribution in [1.29, 1.82) is 0 Å². The number of carbonyl (C=O) groups excluding carboxylic acids is 2. The van der Waals surface area contributed by atoms with Gasteiger partial charge in [0.1, 0.15) is 0 Å². The first-order chi connectivity index (χ1) is 11.9. The van der Waals surface area contributed by atoms with E-state index in [-0.39, 0.29) is 24.0 Å². The quantitative estimate of drug-likeness (QED) is 0.876. The van der Waals surface area contributed by atoms with Crippen LogP contribution in [0.25, 0.3) is 0 Å². The lowest BCUT2D eigenvalue weighted by Gasteiger charge is -2.45. The number of carboxylic acid groups (broad SMARTS) is 1. The minimum absolute atomic E-state index is 0.0235. The fraction of sp³-hybridized carbons (Fsp3) is 0.588. The first-order valence-corrected chi connectivity index (χ1v) is 8.40. The van der Waals surface area contributed by atoms with E-state index in [0.29, 0.717) is 38.5 Å². The van der Waals surface area contributed by atoms with Gasteiger partial charge >= 0.3 is 5.97 Å². The van der Waals surface area contributed by atoms with Crippen LogP contribution in [0, 0.1) is 5.92 Å². The molecular formula is C17H22N2O6. The molecule has 1 aromatic rings. The van der Waals surface area contributed by atoms with E-state index < -0.39 is 17.4 Å². The number of hydrogen-bond donors (Lipinski definition) is 1. The number of amides is 2. The smallest absolute Gasteiger partial charge is 0.309 e. The summed E-state index contributed by atoms with van der Waals surface area (Å²) in [5.74, 6) is -1.59. The molecule has 2 aliphatic heterocycles. The van der Waals surface area contributed by atoms with Crippen molar-refractivity contribution in [3.63, 3.8) is 0 Å². The SMILES string of the molecule is CCOc1ccc(C(=O)N2CCC3(CC2)C(C(=O)O)CC(=O)N3C)o1. The molecule has 0 saturated carbocycles. The third-order valence-electron chi connectivity index (χ3n) is 5.36. The average Bonchev–Trinajstić information content (AvgIpc) is 3.15. The monoisotopic (exact) mass is 350 g/mol. The van der Waals surface area contributed by atoms with E-state index in [1.807, 2.05) is 6.92 Å². The highest BCUT2D eigenvalue weighted by Gasteiger charge is 2.55. The van der Waals surface area contributed by atoms with Crippen LogP contribution in [0.4, 0.5) is 0 Å². The van der Waals surface area contributed by atoms with Crippen LogP contribution in [0.3, 0.4) is 0 Å². The molecule has 3 rings (SSSR count). The minimum Gasteiger partial charge on any atom is -0.481 e. The van der Waals surface area contributed by atoms with E-state index in [1.165, 1.54) is 0 Å². The van der Waals surface area contributed by atoms with E-state index in [4.69, 9.17) is 9.15 Å². The zero-order chi connectivity index (χ0) is 18.2. The van der Waals surface area contributed by atoms with Crippen LogP contribution in [0.15, 0.2) is 16.5 Å². The number of nitrogens with zero attached hydrogens (tertiary/aromatic N) is 2. The number of hydrogen-bond acceptors (Lipinski definition) is 5. The van der Waals surface area contributed by atoms with Gasteiger partial charge in [-0.1, -0.05) is 0 Å². The molecule has 1 spiro atoms. The Balaban J connectivity index is 1.71. The standard InChI is InChI=1S/C17H22N2O6/c1-3-24-14-5-4-12(25-14)15(21)19-8-6-17(7-9-19)11(16(22)23)10-13(20)18(17)2/h4-5,11H,3,6-10H2,1-2H3,(H,22,23). The number of ether oxygens (including phenoxy) is 1. The van der Waals surface area contributed by atoms with Gasteiger partial charge in [0.05, 0.1) is 18.1 Å². The Kier molecular flexibility index (Phi) is 4.45. The van der Waals surface area contributed by atoms with Gasteiger partial charge in [-0.25, -0.2) is 0 Å². The van der Waals surface area contributed by atoms with E-state index in [2.05, 4.69) is 0 Å². The number of carbonyl (C=O) groups is 3. The molecule has 136 valence electrons. The van der Waals surface area contributed by atoms with Gasteiger partial charge in [0.15, 0.2) is 5.76 Å². The van der Waals surface area contributed by atoms with E-state index in [1.54, 1.807) is 29.0 Å². The summed E-state index contributed by atoms with van der Waals surface area (Å²) in [7, 11) is 1.66. The highest BCUT2D eigenvalue weighted by atomic mass is 16.6. The summed E-state index contributed by atoms with van der Waals surface area (Å²) in [5, 5.41) is 9.48. The second kappa shape index (κ2) is 6.42. The predicted molar refractivity (Wildman–Crippen MR) is 86.3 cm³/mol. The topological polar surface area (TPSA) is 100 Å². The van der Waals surface area contributed by atoms with Crippen molar-refractivity contribution < 1.29 is 28.6 Å². The molecule has 2 saturated heterocycles. The number of likely N-dealkylation sites (tertiary alicyclic amines) is 2. The summed E-state index contributed by atoms with van der Waals surface area (Å²) in [5.41, 5.74) is -0.709. The van der Waals surface area contributed by atoms with Crippen molar-refractivity contribution in [2.24, 2.45) is 5.92 Å². The molecule has 1 aromatic heterocycles. The molecule has 0 aromatic carbocycles. The summed E-state index contributed by atoms with van der Waals surface area (Å²) in [6.07, 6.45) is 0.906. The van der Waals surface area contributed by atoms with Crippen LogP contribution in [0.1, 0.15) is 36.7 Å². The third kappa shape index (κ3) is 2.85. The molecule has 3 heterocycles. The predicted octanol–water partition coefficient (Wildman–Crippen LogP) is 1.22. The number of furan rings is 1. The van der Waals surface area contributed by atoms with Gasteiger partial charge in [0.25, 0.3) is 11.9 Å². The Morgan fingerprint density at radius 3 is 2.64 bits per heavy atom. The fourth-order valence-electron chi connectivity index (χ4n) is 3.89. The molecule has 2 amide bonds. The summed E-state index contributed by atoms with van der Waals surface area (Å²) in [6.45, 7) is 3.03. The Morgan fingerprint density at radius 1 is 1.36 bits per heavy atom. The van der Waals surface area contributed by atoms with Gasteiger partial charge in [-0.05, 0) is 25.8 Å². The van der Waals surface area contributed by atoms with Crippen LogP contribution in [0.2, 0.25) is 0 Å². The summed E-state index contributed by atoms with van der Waals surface area (Å²) < 4.78 is 10.6. The molecule has 8 heteroatoms. The maximum Gasteiger partial charge on any atom is 0.309 e. The highest BCUT2D eigenvalue weighted by molar-refractivity contribution is 5.92. The second-order valence-electron chi connectivity index (χ2n) is 6.50. The van der Waals surface area contributed by atoms with E-state index >= 15 is 0 Å². The number of piperidine rings is 1. The molecule has 8 nitrogen and oxygen atoms in total. The Morgan fingerprint density at radius 2 is 2.04 bits per heavy atom. The van der Waals surface area contributed by atoms with Crippen LogP contribution < -0.4 is 4.74 Å². The normalized spacial score (nSPS) is 22.5. The van der Waals surface area contributed by atoms with Gasteiger partial charge in [0.2, 0.25) is 5.91 Å². The summed E-state index contributed by atoms with van der Waals surface area (Å²) >= 11 is 0.